The molecule has 0 aliphatic rings. The van der Waals surface area contributed by atoms with Crippen molar-refractivity contribution >= 4 is 39.7 Å². The molecule has 1 atom stereocenters. The number of carbonyl (C=O) groups excluding carboxylic acids is 1. The molecular formula is C16H14N3O3S-. The molecular weight excluding hydrogens is 314 g/mol. The number of fused-ring (bicyclic) bond motifs is 3. The number of H-pyrrole nitrogens is 1. The summed E-state index contributed by atoms with van der Waals surface area (Å²) in [7, 11) is 0. The summed E-state index contributed by atoms with van der Waals surface area (Å²) in [5.74, 6) is -1.20. The summed E-state index contributed by atoms with van der Waals surface area (Å²) in [5, 5.41) is 11.4. The number of aromatic nitrogens is 3. The number of thioether (sulfide) groups is 1. The number of aliphatic carboxylic acids is 1. The highest BCUT2D eigenvalue weighted by Gasteiger charge is 2.17. The van der Waals surface area contributed by atoms with E-state index in [1.807, 2.05) is 24.3 Å². The second-order valence-electron chi connectivity index (χ2n) is 5.07. The Morgan fingerprint density at radius 2 is 2.26 bits per heavy atom. The number of rotatable bonds is 5. The van der Waals surface area contributed by atoms with E-state index in [4.69, 9.17) is 0 Å². The first kappa shape index (κ1) is 15.4. The molecule has 118 valence electrons. The molecule has 0 fully saturated rings. The highest BCUT2D eigenvalue weighted by molar-refractivity contribution is 8.00. The average molecular weight is 328 g/mol. The highest BCUT2D eigenvalue weighted by Crippen LogP contribution is 2.26. The molecule has 1 N–H and O–H groups in total. The Morgan fingerprint density at radius 1 is 1.52 bits per heavy atom. The lowest BCUT2D eigenvalue weighted by Crippen LogP contribution is -2.32. The van der Waals surface area contributed by atoms with Gasteiger partial charge in [-0.25, -0.2) is 4.98 Å². The zero-order valence-corrected chi connectivity index (χ0v) is 13.2. The SMILES string of the molecule is C=CCn1c(S[C@H](C)C(=O)[O-])nc2c([nH]c3ccccc32)c1=O. The fourth-order valence-corrected chi connectivity index (χ4v) is 3.20. The maximum atomic E-state index is 12.7. The van der Waals surface area contributed by atoms with Gasteiger partial charge in [-0.1, -0.05) is 36.0 Å². The molecule has 7 heteroatoms. The fraction of sp³-hybridized carbons (Fsp3) is 0.188. The number of nitrogens with one attached hydrogen (secondary N) is 1. The van der Waals surface area contributed by atoms with Crippen molar-refractivity contribution in [3.05, 3.63) is 47.3 Å². The molecule has 6 nitrogen and oxygen atoms in total. The number of carboxylic acids is 1. The normalized spacial score (nSPS) is 12.6. The molecule has 3 aromatic rings. The van der Waals surface area contributed by atoms with Crippen LogP contribution in [0.3, 0.4) is 0 Å². The van der Waals surface area contributed by atoms with Crippen LogP contribution in [0, 0.1) is 0 Å². The minimum absolute atomic E-state index is 0.249. The summed E-state index contributed by atoms with van der Waals surface area (Å²) >= 11 is 0.987. The molecule has 2 aromatic heterocycles. The van der Waals surface area contributed by atoms with Crippen molar-refractivity contribution in [1.82, 2.24) is 14.5 Å². The second kappa shape index (κ2) is 5.92. The van der Waals surface area contributed by atoms with Crippen LogP contribution in [0.4, 0.5) is 0 Å². The molecule has 0 spiro atoms. The third kappa shape index (κ3) is 2.63. The van der Waals surface area contributed by atoms with Crippen LogP contribution in [0.15, 0.2) is 46.9 Å². The van der Waals surface area contributed by atoms with Crippen LogP contribution >= 0.6 is 11.8 Å². The Kier molecular flexibility index (Phi) is 3.96. The topological polar surface area (TPSA) is 90.8 Å². The number of hydrogen-bond donors (Lipinski definition) is 1. The Labute approximate surface area is 135 Å². The lowest BCUT2D eigenvalue weighted by Gasteiger charge is -2.15. The number of nitrogens with zero attached hydrogens (tertiary/aromatic N) is 2. The lowest BCUT2D eigenvalue weighted by atomic mass is 10.2. The van der Waals surface area contributed by atoms with Gasteiger partial charge in [0.2, 0.25) is 0 Å². The minimum atomic E-state index is -1.20. The molecule has 23 heavy (non-hydrogen) atoms. The number of para-hydroxylation sites is 1. The number of carboxylic acid groups (broad SMARTS) is 1. The molecule has 0 amide bonds. The number of benzene rings is 1. The molecule has 0 saturated heterocycles. The van der Waals surface area contributed by atoms with Gasteiger partial charge in [-0.3, -0.25) is 9.36 Å². The molecule has 0 unspecified atom stereocenters. The number of aromatic amines is 1. The number of hydrogen-bond acceptors (Lipinski definition) is 5. The largest absolute Gasteiger partial charge is 0.549 e. The van der Waals surface area contributed by atoms with Crippen molar-refractivity contribution in [3.8, 4) is 0 Å². The lowest BCUT2D eigenvalue weighted by molar-refractivity contribution is -0.304. The van der Waals surface area contributed by atoms with E-state index in [1.165, 1.54) is 11.5 Å². The van der Waals surface area contributed by atoms with Crippen molar-refractivity contribution in [3.63, 3.8) is 0 Å². The van der Waals surface area contributed by atoms with Gasteiger partial charge in [-0.05, 0) is 13.0 Å². The van der Waals surface area contributed by atoms with Crippen LogP contribution in [-0.2, 0) is 11.3 Å². The standard InChI is InChI=1S/C16H15N3O3S/c1-3-8-19-14(20)13-12(10-6-4-5-7-11(10)17-13)18-16(19)23-9(2)15(21)22/h3-7,9,17H,1,8H2,2H3,(H,21,22)/p-1/t9-/m1/s1. The van der Waals surface area contributed by atoms with E-state index in [0.29, 0.717) is 16.2 Å². The molecule has 0 aliphatic carbocycles. The third-order valence-corrected chi connectivity index (χ3v) is 4.57. The summed E-state index contributed by atoms with van der Waals surface area (Å²) in [5.41, 5.74) is 1.50. The number of carbonyl (C=O) groups is 1. The first-order chi connectivity index (χ1) is 11.0. The molecule has 0 radical (unpaired) electrons. The summed E-state index contributed by atoms with van der Waals surface area (Å²) in [4.78, 5) is 31.3. The van der Waals surface area contributed by atoms with E-state index in [2.05, 4.69) is 16.5 Å². The molecule has 0 bridgehead atoms. The minimum Gasteiger partial charge on any atom is -0.549 e. The smallest absolute Gasteiger partial charge is 0.278 e. The predicted molar refractivity (Wildman–Crippen MR) is 88.4 cm³/mol. The van der Waals surface area contributed by atoms with Crippen molar-refractivity contribution in [1.29, 1.82) is 0 Å². The summed E-state index contributed by atoms with van der Waals surface area (Å²) in [6.45, 7) is 5.39. The Bertz CT molecular complexity index is 974. The van der Waals surface area contributed by atoms with E-state index in [-0.39, 0.29) is 12.1 Å². The summed E-state index contributed by atoms with van der Waals surface area (Å²) in [6.07, 6.45) is 1.57. The van der Waals surface area contributed by atoms with Crippen LogP contribution in [0.5, 0.6) is 0 Å². The van der Waals surface area contributed by atoms with Gasteiger partial charge in [0.15, 0.2) is 5.16 Å². The van der Waals surface area contributed by atoms with E-state index in [0.717, 1.165) is 22.7 Å². The first-order valence-electron chi connectivity index (χ1n) is 7.02. The molecule has 0 saturated carbocycles. The average Bonchev–Trinajstić information content (AvgIpc) is 2.90. The van der Waals surface area contributed by atoms with Crippen LogP contribution in [-0.4, -0.2) is 25.8 Å². The molecule has 2 heterocycles. The van der Waals surface area contributed by atoms with Gasteiger partial charge >= 0.3 is 0 Å². The van der Waals surface area contributed by atoms with Gasteiger partial charge in [-0.15, -0.1) is 6.58 Å². The van der Waals surface area contributed by atoms with Crippen molar-refractivity contribution in [2.75, 3.05) is 0 Å². The molecule has 1 aromatic carbocycles. The zero-order chi connectivity index (χ0) is 16.6. The maximum Gasteiger partial charge on any atom is 0.278 e. The quantitative estimate of drug-likeness (QED) is 0.433. The number of allylic oxidation sites excluding steroid dienone is 1. The van der Waals surface area contributed by atoms with Gasteiger partial charge in [0.05, 0.1) is 5.97 Å². The van der Waals surface area contributed by atoms with Crippen molar-refractivity contribution < 1.29 is 9.90 Å². The highest BCUT2D eigenvalue weighted by atomic mass is 32.2. The second-order valence-corrected chi connectivity index (χ2v) is 6.38. The van der Waals surface area contributed by atoms with E-state index >= 15 is 0 Å². The summed E-state index contributed by atoms with van der Waals surface area (Å²) in [6, 6.07) is 7.47. The van der Waals surface area contributed by atoms with E-state index in [9.17, 15) is 14.7 Å². The van der Waals surface area contributed by atoms with Crippen LogP contribution in [0.2, 0.25) is 0 Å². The summed E-state index contributed by atoms with van der Waals surface area (Å²) < 4.78 is 1.41. The molecule has 0 aliphatic heterocycles. The third-order valence-electron chi connectivity index (χ3n) is 3.50. The Morgan fingerprint density at radius 3 is 2.96 bits per heavy atom. The van der Waals surface area contributed by atoms with E-state index < -0.39 is 11.2 Å². The van der Waals surface area contributed by atoms with Crippen LogP contribution < -0.4 is 10.7 Å². The van der Waals surface area contributed by atoms with Gasteiger partial charge in [0.25, 0.3) is 5.56 Å². The van der Waals surface area contributed by atoms with Gasteiger partial charge in [0.1, 0.15) is 11.0 Å². The van der Waals surface area contributed by atoms with Gasteiger partial charge in [0, 0.05) is 22.7 Å². The Balaban J connectivity index is 2.30. The van der Waals surface area contributed by atoms with E-state index in [1.54, 1.807) is 6.08 Å². The van der Waals surface area contributed by atoms with Crippen LogP contribution in [0.25, 0.3) is 21.9 Å². The van der Waals surface area contributed by atoms with Crippen molar-refractivity contribution in [2.24, 2.45) is 0 Å². The Hall–Kier alpha value is -2.54. The van der Waals surface area contributed by atoms with Crippen LogP contribution in [0.1, 0.15) is 6.92 Å². The zero-order valence-electron chi connectivity index (χ0n) is 12.4. The monoisotopic (exact) mass is 328 g/mol. The fourth-order valence-electron chi connectivity index (χ4n) is 2.36. The predicted octanol–water partition coefficient (Wildman–Crippen LogP) is 1.29. The van der Waals surface area contributed by atoms with Gasteiger partial charge < -0.3 is 14.9 Å². The first-order valence-corrected chi connectivity index (χ1v) is 7.90. The van der Waals surface area contributed by atoms with Gasteiger partial charge in [-0.2, -0.15) is 0 Å². The maximum absolute atomic E-state index is 12.7. The van der Waals surface area contributed by atoms with Crippen molar-refractivity contribution in [2.45, 2.75) is 23.9 Å². The molecule has 3 rings (SSSR count).